The highest BCUT2D eigenvalue weighted by Crippen LogP contribution is 2.27. The number of carbonyl (C=O) groups excluding carboxylic acids is 1. The van der Waals surface area contributed by atoms with E-state index in [-0.39, 0.29) is 17.5 Å². The smallest absolute Gasteiger partial charge is 0.356 e. The molecular formula is C13H20N4O3. The Kier molecular flexibility index (Phi) is 4.39. The lowest BCUT2D eigenvalue weighted by Crippen LogP contribution is -2.42. The van der Waals surface area contributed by atoms with Crippen molar-refractivity contribution >= 4 is 11.9 Å². The first-order valence-electron chi connectivity index (χ1n) is 6.68. The largest absolute Gasteiger partial charge is 0.476 e. The quantitative estimate of drug-likeness (QED) is 0.832. The van der Waals surface area contributed by atoms with Crippen molar-refractivity contribution in [2.24, 2.45) is 0 Å². The van der Waals surface area contributed by atoms with E-state index in [1.165, 1.54) is 0 Å². The molecule has 1 aliphatic rings. The van der Waals surface area contributed by atoms with Gasteiger partial charge in [0.2, 0.25) is 5.91 Å². The van der Waals surface area contributed by atoms with Gasteiger partial charge in [0.15, 0.2) is 5.69 Å². The van der Waals surface area contributed by atoms with Crippen molar-refractivity contribution in [2.45, 2.75) is 18.8 Å². The molecule has 1 aromatic heterocycles. The Labute approximate surface area is 117 Å². The topological polar surface area (TPSA) is 89.5 Å². The van der Waals surface area contributed by atoms with Crippen LogP contribution >= 0.6 is 0 Å². The number of carbonyl (C=O) groups is 2. The van der Waals surface area contributed by atoms with Crippen molar-refractivity contribution in [1.82, 2.24) is 20.0 Å². The molecule has 0 saturated carbocycles. The van der Waals surface area contributed by atoms with Crippen LogP contribution in [-0.2, 0) is 4.79 Å². The monoisotopic (exact) mass is 280 g/mol. The van der Waals surface area contributed by atoms with Crippen LogP contribution in [-0.4, -0.2) is 70.7 Å². The first-order valence-corrected chi connectivity index (χ1v) is 6.68. The first kappa shape index (κ1) is 14.5. The van der Waals surface area contributed by atoms with E-state index in [0.717, 1.165) is 18.5 Å². The number of amides is 1. The Morgan fingerprint density at radius 2 is 2.10 bits per heavy atom. The van der Waals surface area contributed by atoms with Crippen molar-refractivity contribution in [3.63, 3.8) is 0 Å². The molecular weight excluding hydrogens is 260 g/mol. The summed E-state index contributed by atoms with van der Waals surface area (Å²) in [7, 11) is 3.76. The average molecular weight is 280 g/mol. The molecule has 110 valence electrons. The fourth-order valence-electron chi connectivity index (χ4n) is 2.47. The Morgan fingerprint density at radius 3 is 2.60 bits per heavy atom. The SMILES string of the molecule is CN(C)CC(=O)N1CCC(c2cc(C(=O)O)n[nH]2)CC1. The van der Waals surface area contributed by atoms with E-state index in [1.807, 2.05) is 23.9 Å². The molecule has 2 heterocycles. The summed E-state index contributed by atoms with van der Waals surface area (Å²) in [6.45, 7) is 1.84. The number of carboxylic acids is 1. The average Bonchev–Trinajstić information content (AvgIpc) is 2.88. The molecule has 1 aliphatic heterocycles. The lowest BCUT2D eigenvalue weighted by molar-refractivity contribution is -0.132. The van der Waals surface area contributed by atoms with Crippen molar-refractivity contribution in [2.75, 3.05) is 33.7 Å². The number of H-pyrrole nitrogens is 1. The third-order valence-corrected chi connectivity index (χ3v) is 3.56. The number of likely N-dealkylation sites (tertiary alicyclic amines) is 1. The van der Waals surface area contributed by atoms with Crippen LogP contribution in [0.25, 0.3) is 0 Å². The Morgan fingerprint density at radius 1 is 1.45 bits per heavy atom. The van der Waals surface area contributed by atoms with Gasteiger partial charge in [0.1, 0.15) is 0 Å². The van der Waals surface area contributed by atoms with Gasteiger partial charge in [0.05, 0.1) is 6.54 Å². The Balaban J connectivity index is 1.90. The van der Waals surface area contributed by atoms with Gasteiger partial charge in [0, 0.05) is 24.7 Å². The third-order valence-electron chi connectivity index (χ3n) is 3.56. The molecule has 2 N–H and O–H groups in total. The summed E-state index contributed by atoms with van der Waals surface area (Å²) < 4.78 is 0. The minimum absolute atomic E-state index is 0.0473. The molecule has 0 atom stereocenters. The van der Waals surface area contributed by atoms with E-state index in [4.69, 9.17) is 5.11 Å². The zero-order valence-corrected chi connectivity index (χ0v) is 11.8. The van der Waals surface area contributed by atoms with E-state index in [2.05, 4.69) is 10.2 Å². The van der Waals surface area contributed by atoms with E-state index in [9.17, 15) is 9.59 Å². The first-order chi connectivity index (χ1) is 9.47. The summed E-state index contributed by atoms with van der Waals surface area (Å²) in [6, 6.07) is 1.59. The van der Waals surface area contributed by atoms with Gasteiger partial charge in [-0.2, -0.15) is 5.10 Å². The number of hydrogen-bond donors (Lipinski definition) is 2. The summed E-state index contributed by atoms with van der Waals surface area (Å²) in [5.74, 6) is -0.630. The Hall–Kier alpha value is -1.89. The van der Waals surface area contributed by atoms with Crippen LogP contribution in [0.5, 0.6) is 0 Å². The van der Waals surface area contributed by atoms with Crippen LogP contribution in [0.4, 0.5) is 0 Å². The summed E-state index contributed by atoms with van der Waals surface area (Å²) in [4.78, 5) is 26.5. The summed E-state index contributed by atoms with van der Waals surface area (Å²) in [5.41, 5.74) is 0.897. The van der Waals surface area contributed by atoms with Crippen LogP contribution in [0.3, 0.4) is 0 Å². The van der Waals surface area contributed by atoms with E-state index in [1.54, 1.807) is 6.07 Å². The maximum Gasteiger partial charge on any atom is 0.356 e. The molecule has 0 unspecified atom stereocenters. The number of likely N-dealkylation sites (N-methyl/N-ethyl adjacent to an activating group) is 1. The molecule has 0 radical (unpaired) electrons. The number of aromatic nitrogens is 2. The lowest BCUT2D eigenvalue weighted by Gasteiger charge is -2.32. The molecule has 2 rings (SSSR count). The standard InChI is InChI=1S/C13H20N4O3/c1-16(2)8-12(18)17-5-3-9(4-6-17)10-7-11(13(19)20)15-14-10/h7,9H,3-6,8H2,1-2H3,(H,14,15)(H,19,20). The summed E-state index contributed by atoms with van der Waals surface area (Å²) >= 11 is 0. The fraction of sp³-hybridized carbons (Fsp3) is 0.615. The number of piperidine rings is 1. The van der Waals surface area contributed by atoms with Crippen LogP contribution in [0.2, 0.25) is 0 Å². The number of hydrogen-bond acceptors (Lipinski definition) is 4. The number of aromatic carboxylic acids is 1. The summed E-state index contributed by atoms with van der Waals surface area (Å²) in [6.07, 6.45) is 1.67. The molecule has 0 aromatic carbocycles. The van der Waals surface area contributed by atoms with Crippen LogP contribution in [0.1, 0.15) is 34.9 Å². The highest BCUT2D eigenvalue weighted by atomic mass is 16.4. The number of carboxylic acid groups (broad SMARTS) is 1. The van der Waals surface area contributed by atoms with Crippen molar-refractivity contribution in [3.05, 3.63) is 17.5 Å². The van der Waals surface area contributed by atoms with Gasteiger partial charge in [-0.05, 0) is 33.0 Å². The normalized spacial score (nSPS) is 16.6. The second-order valence-electron chi connectivity index (χ2n) is 5.41. The van der Waals surface area contributed by atoms with Crippen molar-refractivity contribution in [1.29, 1.82) is 0 Å². The molecule has 1 aromatic rings. The molecule has 0 spiro atoms. The van der Waals surface area contributed by atoms with Gasteiger partial charge in [-0.25, -0.2) is 4.79 Å². The predicted octanol–water partition coefficient (Wildman–Crippen LogP) is 0.375. The Bertz CT molecular complexity index is 490. The molecule has 0 aliphatic carbocycles. The molecule has 7 nitrogen and oxygen atoms in total. The van der Waals surface area contributed by atoms with E-state index in [0.29, 0.717) is 19.6 Å². The van der Waals surface area contributed by atoms with Gasteiger partial charge in [-0.15, -0.1) is 0 Å². The van der Waals surface area contributed by atoms with Crippen molar-refractivity contribution in [3.8, 4) is 0 Å². The number of nitrogens with one attached hydrogen (secondary N) is 1. The molecule has 1 saturated heterocycles. The number of rotatable bonds is 4. The van der Waals surface area contributed by atoms with Crippen LogP contribution < -0.4 is 0 Å². The summed E-state index contributed by atoms with van der Waals surface area (Å²) in [5, 5.41) is 15.4. The van der Waals surface area contributed by atoms with Gasteiger partial charge in [-0.3, -0.25) is 9.89 Å². The molecule has 1 fully saturated rings. The van der Waals surface area contributed by atoms with Crippen LogP contribution in [0, 0.1) is 0 Å². The van der Waals surface area contributed by atoms with E-state index < -0.39 is 5.97 Å². The van der Waals surface area contributed by atoms with Crippen molar-refractivity contribution < 1.29 is 14.7 Å². The number of aromatic amines is 1. The highest BCUT2D eigenvalue weighted by Gasteiger charge is 2.25. The van der Waals surface area contributed by atoms with Gasteiger partial charge >= 0.3 is 5.97 Å². The lowest BCUT2D eigenvalue weighted by atomic mass is 9.93. The fourth-order valence-corrected chi connectivity index (χ4v) is 2.47. The predicted molar refractivity (Wildman–Crippen MR) is 72.7 cm³/mol. The maximum absolute atomic E-state index is 11.9. The third kappa shape index (κ3) is 3.36. The second-order valence-corrected chi connectivity index (χ2v) is 5.41. The van der Waals surface area contributed by atoms with Gasteiger partial charge < -0.3 is 14.9 Å². The van der Waals surface area contributed by atoms with Gasteiger partial charge in [-0.1, -0.05) is 0 Å². The zero-order valence-electron chi connectivity index (χ0n) is 11.8. The highest BCUT2D eigenvalue weighted by molar-refractivity contribution is 5.85. The zero-order chi connectivity index (χ0) is 14.7. The second kappa shape index (κ2) is 6.04. The molecule has 7 heteroatoms. The van der Waals surface area contributed by atoms with Crippen LogP contribution in [0.15, 0.2) is 6.07 Å². The van der Waals surface area contributed by atoms with Gasteiger partial charge in [0.25, 0.3) is 0 Å². The maximum atomic E-state index is 11.9. The minimum atomic E-state index is -1.02. The number of nitrogens with zero attached hydrogens (tertiary/aromatic N) is 3. The minimum Gasteiger partial charge on any atom is -0.476 e. The molecule has 0 bridgehead atoms. The molecule has 1 amide bonds. The van der Waals surface area contributed by atoms with E-state index >= 15 is 0 Å². The molecule has 20 heavy (non-hydrogen) atoms.